The first-order valence-corrected chi connectivity index (χ1v) is 8.89. The summed E-state index contributed by atoms with van der Waals surface area (Å²) in [6, 6.07) is 18.2. The molecule has 110 valence electrons. The molecule has 1 aliphatic rings. The first-order chi connectivity index (χ1) is 10.7. The third-order valence-electron chi connectivity index (χ3n) is 3.73. The molecule has 5 heteroatoms. The number of thiazole rings is 1. The highest BCUT2D eigenvalue weighted by Gasteiger charge is 2.40. The van der Waals surface area contributed by atoms with Crippen molar-refractivity contribution >= 4 is 44.4 Å². The number of nitrogens with zero attached hydrogens (tertiary/aromatic N) is 2. The maximum atomic E-state index is 12.6. The summed E-state index contributed by atoms with van der Waals surface area (Å²) in [7, 11) is 0. The highest BCUT2D eigenvalue weighted by molar-refractivity contribution is 8.01. The minimum atomic E-state index is -0.0442. The van der Waals surface area contributed by atoms with E-state index in [-0.39, 0.29) is 16.5 Å². The van der Waals surface area contributed by atoms with Crippen molar-refractivity contribution in [1.29, 1.82) is 0 Å². The van der Waals surface area contributed by atoms with Gasteiger partial charge in [0.25, 0.3) is 0 Å². The van der Waals surface area contributed by atoms with Crippen LogP contribution in [0.1, 0.15) is 17.9 Å². The fourth-order valence-corrected chi connectivity index (χ4v) is 4.95. The van der Waals surface area contributed by atoms with Gasteiger partial charge < -0.3 is 0 Å². The van der Waals surface area contributed by atoms with Crippen molar-refractivity contribution in [3.05, 3.63) is 60.2 Å². The third kappa shape index (κ3) is 2.21. The number of fused-ring (bicyclic) bond motifs is 1. The van der Waals surface area contributed by atoms with Gasteiger partial charge in [0, 0.05) is 0 Å². The van der Waals surface area contributed by atoms with Gasteiger partial charge in [0.05, 0.1) is 15.5 Å². The monoisotopic (exact) mass is 326 g/mol. The Kier molecular flexibility index (Phi) is 3.39. The molecule has 2 heterocycles. The van der Waals surface area contributed by atoms with Gasteiger partial charge >= 0.3 is 0 Å². The van der Waals surface area contributed by atoms with Gasteiger partial charge in [0.1, 0.15) is 5.37 Å². The molecule has 3 nitrogen and oxygen atoms in total. The fraction of sp³-hybridized carbons (Fsp3) is 0.176. The van der Waals surface area contributed by atoms with Crippen LogP contribution >= 0.6 is 23.1 Å². The molecule has 0 spiro atoms. The Balaban J connectivity index is 1.81. The molecule has 3 aromatic rings. The molecule has 1 fully saturated rings. The topological polar surface area (TPSA) is 33.2 Å². The average molecular weight is 326 g/mol. The molecular weight excluding hydrogens is 312 g/mol. The molecule has 0 radical (unpaired) electrons. The molecular formula is C17H14N2OS2. The average Bonchev–Trinajstić information content (AvgIpc) is 3.09. The maximum absolute atomic E-state index is 12.6. The summed E-state index contributed by atoms with van der Waals surface area (Å²) in [5.41, 5.74) is 2.09. The summed E-state index contributed by atoms with van der Waals surface area (Å²) in [6.45, 7) is 1.97. The van der Waals surface area contributed by atoms with Crippen molar-refractivity contribution in [2.45, 2.75) is 17.5 Å². The van der Waals surface area contributed by atoms with Crippen LogP contribution in [0.15, 0.2) is 54.6 Å². The Morgan fingerprint density at radius 3 is 2.55 bits per heavy atom. The second-order valence-corrected chi connectivity index (χ2v) is 7.65. The second-order valence-electron chi connectivity index (χ2n) is 5.21. The zero-order valence-electron chi connectivity index (χ0n) is 12.0. The van der Waals surface area contributed by atoms with Crippen molar-refractivity contribution in [2.75, 3.05) is 4.90 Å². The Morgan fingerprint density at radius 2 is 1.77 bits per heavy atom. The number of carbonyl (C=O) groups is 1. The van der Waals surface area contributed by atoms with Gasteiger partial charge in [0.2, 0.25) is 5.91 Å². The minimum Gasteiger partial charge on any atom is -0.273 e. The van der Waals surface area contributed by atoms with Gasteiger partial charge in [-0.15, -0.1) is 11.8 Å². The van der Waals surface area contributed by atoms with Crippen LogP contribution in [0.2, 0.25) is 0 Å². The van der Waals surface area contributed by atoms with Gasteiger partial charge in [0.15, 0.2) is 5.13 Å². The van der Waals surface area contributed by atoms with Crippen LogP contribution in [0.3, 0.4) is 0 Å². The third-order valence-corrected chi connectivity index (χ3v) is 6.11. The van der Waals surface area contributed by atoms with Crippen LogP contribution in [0, 0.1) is 0 Å². The summed E-state index contributed by atoms with van der Waals surface area (Å²) in [6.07, 6.45) is 0. The Hall–Kier alpha value is -1.85. The highest BCUT2D eigenvalue weighted by Crippen LogP contribution is 2.46. The van der Waals surface area contributed by atoms with E-state index in [9.17, 15) is 4.79 Å². The number of anilines is 1. The predicted molar refractivity (Wildman–Crippen MR) is 93.3 cm³/mol. The molecule has 0 N–H and O–H groups in total. The number of hydrogen-bond acceptors (Lipinski definition) is 4. The van der Waals surface area contributed by atoms with Crippen LogP contribution in [-0.2, 0) is 4.79 Å². The number of amides is 1. The van der Waals surface area contributed by atoms with Gasteiger partial charge in [-0.25, -0.2) is 4.98 Å². The summed E-state index contributed by atoms with van der Waals surface area (Å²) in [5.74, 6) is 0.137. The van der Waals surface area contributed by atoms with Gasteiger partial charge in [-0.05, 0) is 24.6 Å². The van der Waals surface area contributed by atoms with E-state index < -0.39 is 0 Å². The van der Waals surface area contributed by atoms with E-state index in [1.54, 1.807) is 23.1 Å². The molecule has 1 aliphatic heterocycles. The molecule has 0 bridgehead atoms. The van der Waals surface area contributed by atoms with E-state index in [1.165, 1.54) is 0 Å². The van der Waals surface area contributed by atoms with Crippen molar-refractivity contribution in [3.8, 4) is 0 Å². The maximum Gasteiger partial charge on any atom is 0.242 e. The number of benzene rings is 2. The predicted octanol–water partition coefficient (Wildman–Crippen LogP) is 4.46. The van der Waals surface area contributed by atoms with Gasteiger partial charge in [-0.3, -0.25) is 9.69 Å². The van der Waals surface area contributed by atoms with Crippen LogP contribution in [-0.4, -0.2) is 16.1 Å². The standard InChI is InChI=1S/C17H14N2OS2/c1-11-15(20)19(16(21-11)12-7-3-2-4-8-12)17-18-13-9-5-6-10-14(13)22-17/h2-11,16H,1H3/t11-,16-/m0/s1. The lowest BCUT2D eigenvalue weighted by atomic mass is 10.2. The van der Waals surface area contributed by atoms with Crippen LogP contribution in [0.4, 0.5) is 5.13 Å². The normalized spacial score (nSPS) is 21.7. The van der Waals surface area contributed by atoms with Crippen molar-refractivity contribution in [1.82, 2.24) is 4.98 Å². The first-order valence-electron chi connectivity index (χ1n) is 7.13. The number of hydrogen-bond donors (Lipinski definition) is 0. The quantitative estimate of drug-likeness (QED) is 0.697. The lowest BCUT2D eigenvalue weighted by Gasteiger charge is -2.21. The molecule has 4 rings (SSSR count). The van der Waals surface area contributed by atoms with Crippen molar-refractivity contribution in [2.24, 2.45) is 0 Å². The number of aromatic nitrogens is 1. The molecule has 2 aromatic carbocycles. The lowest BCUT2D eigenvalue weighted by molar-refractivity contribution is -0.117. The summed E-state index contributed by atoms with van der Waals surface area (Å²) < 4.78 is 1.11. The molecule has 22 heavy (non-hydrogen) atoms. The largest absolute Gasteiger partial charge is 0.273 e. The summed E-state index contributed by atoms with van der Waals surface area (Å²) in [5, 5.41) is 0.749. The van der Waals surface area contributed by atoms with E-state index in [4.69, 9.17) is 0 Å². The minimum absolute atomic E-state index is 0.00395. The zero-order valence-corrected chi connectivity index (χ0v) is 13.6. The van der Waals surface area contributed by atoms with E-state index in [1.807, 2.05) is 54.3 Å². The van der Waals surface area contributed by atoms with E-state index in [2.05, 4.69) is 17.1 Å². The number of para-hydroxylation sites is 1. The van der Waals surface area contributed by atoms with Crippen LogP contribution in [0.5, 0.6) is 0 Å². The van der Waals surface area contributed by atoms with Crippen LogP contribution in [0.25, 0.3) is 10.2 Å². The number of carbonyl (C=O) groups excluding carboxylic acids is 1. The van der Waals surface area contributed by atoms with Crippen molar-refractivity contribution < 1.29 is 4.79 Å². The molecule has 1 amide bonds. The fourth-order valence-electron chi connectivity index (χ4n) is 2.63. The van der Waals surface area contributed by atoms with Gasteiger partial charge in [-0.2, -0.15) is 0 Å². The second kappa shape index (κ2) is 5.41. The van der Waals surface area contributed by atoms with Gasteiger partial charge in [-0.1, -0.05) is 53.8 Å². The Labute approximate surface area is 137 Å². The smallest absolute Gasteiger partial charge is 0.242 e. The highest BCUT2D eigenvalue weighted by atomic mass is 32.2. The SMILES string of the molecule is C[C@@H]1S[C@@H](c2ccccc2)N(c2nc3ccccc3s2)C1=O. The summed E-state index contributed by atoms with van der Waals surface area (Å²) in [4.78, 5) is 19.2. The molecule has 0 aliphatic carbocycles. The molecule has 1 aromatic heterocycles. The zero-order chi connectivity index (χ0) is 15.1. The first kappa shape index (κ1) is 13.8. The summed E-state index contributed by atoms with van der Waals surface area (Å²) >= 11 is 3.26. The van der Waals surface area contributed by atoms with Crippen molar-refractivity contribution in [3.63, 3.8) is 0 Å². The van der Waals surface area contributed by atoms with Crippen LogP contribution < -0.4 is 4.90 Å². The molecule has 2 atom stereocenters. The molecule has 1 saturated heterocycles. The number of thioether (sulfide) groups is 1. The Bertz CT molecular complexity index is 798. The van der Waals surface area contributed by atoms with E-state index in [0.29, 0.717) is 0 Å². The Morgan fingerprint density at radius 1 is 1.05 bits per heavy atom. The molecule has 0 saturated carbocycles. The molecule has 0 unspecified atom stereocenters. The van der Waals surface area contributed by atoms with E-state index in [0.717, 1.165) is 20.9 Å². The number of rotatable bonds is 2. The lowest BCUT2D eigenvalue weighted by Crippen LogP contribution is -2.29. The van der Waals surface area contributed by atoms with E-state index >= 15 is 0 Å².